The van der Waals surface area contributed by atoms with Crippen molar-refractivity contribution >= 4 is 23.2 Å². The van der Waals surface area contributed by atoms with Crippen LogP contribution in [0, 0.1) is 0 Å². The summed E-state index contributed by atoms with van der Waals surface area (Å²) in [6.45, 7) is 6.40. The highest BCUT2D eigenvalue weighted by Gasteiger charge is 2.23. The molecule has 0 spiro atoms. The highest BCUT2D eigenvalue weighted by atomic mass is 16.3. The number of phenolic OH excluding ortho intramolecular Hbond substituents is 1. The van der Waals surface area contributed by atoms with Crippen LogP contribution >= 0.6 is 0 Å². The first kappa shape index (κ1) is 28.0. The van der Waals surface area contributed by atoms with Gasteiger partial charge in [-0.05, 0) is 92.3 Å². The molecule has 0 bridgehead atoms. The number of hydrogen-bond acceptors (Lipinski definition) is 4. The predicted octanol–water partition coefficient (Wildman–Crippen LogP) is 7.35. The largest absolute Gasteiger partial charge is 0.508 e. The normalized spacial score (nSPS) is 13.2. The molecule has 2 amide bonds. The molecule has 1 aliphatic rings. The summed E-state index contributed by atoms with van der Waals surface area (Å²) in [6.07, 6.45) is 3.40. The van der Waals surface area contributed by atoms with E-state index < -0.39 is 0 Å². The van der Waals surface area contributed by atoms with Gasteiger partial charge in [0.1, 0.15) is 5.75 Å². The van der Waals surface area contributed by atoms with E-state index in [1.54, 1.807) is 24.3 Å². The molecule has 210 valence electrons. The van der Waals surface area contributed by atoms with Crippen molar-refractivity contribution in [2.24, 2.45) is 0 Å². The summed E-state index contributed by atoms with van der Waals surface area (Å²) in [7, 11) is 0. The molecule has 0 aliphatic carbocycles. The summed E-state index contributed by atoms with van der Waals surface area (Å²) in [4.78, 5) is 31.4. The number of phenols is 1. The van der Waals surface area contributed by atoms with Crippen LogP contribution in [0.1, 0.15) is 59.4 Å². The molecule has 0 unspecified atom stereocenters. The van der Waals surface area contributed by atoms with Crippen LogP contribution in [0.5, 0.6) is 5.75 Å². The Balaban J connectivity index is 1.41. The Morgan fingerprint density at radius 2 is 1.41 bits per heavy atom. The van der Waals surface area contributed by atoms with E-state index in [2.05, 4.69) is 10.2 Å². The van der Waals surface area contributed by atoms with E-state index in [-0.39, 0.29) is 23.6 Å². The summed E-state index contributed by atoms with van der Waals surface area (Å²) >= 11 is 0. The molecule has 6 nitrogen and oxygen atoms in total. The van der Waals surface area contributed by atoms with Gasteiger partial charge in [0.2, 0.25) is 0 Å². The minimum absolute atomic E-state index is 0.00890. The van der Waals surface area contributed by atoms with E-state index in [0.29, 0.717) is 23.4 Å². The van der Waals surface area contributed by atoms with Gasteiger partial charge in [0, 0.05) is 36.8 Å². The highest BCUT2D eigenvalue weighted by Crippen LogP contribution is 2.31. The number of nitrogens with one attached hydrogen (secondary N) is 1. The minimum Gasteiger partial charge on any atom is -0.508 e. The second kappa shape index (κ2) is 12.7. The molecule has 4 aromatic rings. The fourth-order valence-electron chi connectivity index (χ4n) is 5.28. The first-order valence-corrected chi connectivity index (χ1v) is 14.3. The third-order valence-electron chi connectivity index (χ3n) is 7.62. The fraction of sp³-hybridized carbons (Fsp3) is 0.257. The maximum atomic E-state index is 13.8. The Labute approximate surface area is 242 Å². The number of aromatic hydroxyl groups is 1. The van der Waals surface area contributed by atoms with Crippen molar-refractivity contribution in [2.75, 3.05) is 23.3 Å². The lowest BCUT2D eigenvalue weighted by molar-refractivity contribution is 0.0690. The van der Waals surface area contributed by atoms with Gasteiger partial charge < -0.3 is 20.2 Å². The average molecular weight is 548 g/mol. The van der Waals surface area contributed by atoms with Crippen molar-refractivity contribution in [1.82, 2.24) is 4.90 Å². The molecule has 1 saturated heterocycles. The van der Waals surface area contributed by atoms with Crippen LogP contribution in [0.2, 0.25) is 0 Å². The van der Waals surface area contributed by atoms with Gasteiger partial charge in [0.25, 0.3) is 11.8 Å². The Kier molecular flexibility index (Phi) is 8.68. The third kappa shape index (κ3) is 6.77. The maximum absolute atomic E-state index is 13.8. The number of piperidine rings is 1. The second-order valence-electron chi connectivity index (χ2n) is 10.9. The van der Waals surface area contributed by atoms with Crippen molar-refractivity contribution in [2.45, 2.75) is 45.7 Å². The molecule has 0 aromatic heterocycles. The van der Waals surface area contributed by atoms with E-state index in [1.807, 2.05) is 91.5 Å². The fourth-order valence-corrected chi connectivity index (χ4v) is 5.28. The van der Waals surface area contributed by atoms with Gasteiger partial charge in [-0.15, -0.1) is 0 Å². The molecule has 1 fully saturated rings. The van der Waals surface area contributed by atoms with Gasteiger partial charge in [-0.3, -0.25) is 9.59 Å². The SMILES string of the molecule is CC(C)N(Cc1ccccc1)C(=O)c1ccc(N2CCCCC2)c(NC(=O)c2ccc(-c3ccc(O)cc3)cc2)c1. The van der Waals surface area contributed by atoms with Crippen LogP contribution in [0.3, 0.4) is 0 Å². The van der Waals surface area contributed by atoms with Gasteiger partial charge in [-0.1, -0.05) is 54.6 Å². The highest BCUT2D eigenvalue weighted by molar-refractivity contribution is 6.07. The molecule has 5 rings (SSSR count). The Bertz CT molecular complexity index is 1480. The number of benzene rings is 4. The number of rotatable bonds is 8. The van der Waals surface area contributed by atoms with Crippen LogP contribution in [-0.2, 0) is 6.54 Å². The van der Waals surface area contributed by atoms with Gasteiger partial charge in [0.05, 0.1) is 11.4 Å². The molecular weight excluding hydrogens is 510 g/mol. The maximum Gasteiger partial charge on any atom is 0.255 e. The molecule has 1 heterocycles. The number of carbonyl (C=O) groups is 2. The van der Waals surface area contributed by atoms with E-state index in [4.69, 9.17) is 0 Å². The summed E-state index contributed by atoms with van der Waals surface area (Å²) in [5.74, 6) is -0.0792. The number of amides is 2. The van der Waals surface area contributed by atoms with E-state index in [9.17, 15) is 14.7 Å². The van der Waals surface area contributed by atoms with E-state index >= 15 is 0 Å². The minimum atomic E-state index is -0.227. The number of hydrogen-bond donors (Lipinski definition) is 2. The topological polar surface area (TPSA) is 72.9 Å². The molecule has 0 atom stereocenters. The number of carbonyl (C=O) groups excluding carboxylic acids is 2. The molecule has 1 aliphatic heterocycles. The van der Waals surface area contributed by atoms with Crippen LogP contribution < -0.4 is 10.2 Å². The second-order valence-corrected chi connectivity index (χ2v) is 10.9. The molecule has 0 radical (unpaired) electrons. The Morgan fingerprint density at radius 3 is 2.05 bits per heavy atom. The Hall–Kier alpha value is -4.58. The molecular formula is C35H37N3O3. The lowest BCUT2D eigenvalue weighted by Crippen LogP contribution is -2.36. The van der Waals surface area contributed by atoms with Crippen LogP contribution in [0.4, 0.5) is 11.4 Å². The monoisotopic (exact) mass is 547 g/mol. The van der Waals surface area contributed by atoms with Gasteiger partial charge in [-0.25, -0.2) is 0 Å². The summed E-state index contributed by atoms with van der Waals surface area (Å²) in [6, 6.07) is 30.1. The van der Waals surface area contributed by atoms with Crippen LogP contribution in [0.25, 0.3) is 11.1 Å². The standard InChI is InChI=1S/C35H37N3O3/c1-25(2)38(24-26-9-5-3-6-10-26)35(41)30-17-20-33(37-21-7-4-8-22-37)32(23-30)36-34(40)29-13-11-27(12-14-29)28-15-18-31(39)19-16-28/h3,5-6,9-20,23,25,39H,4,7-8,21-22,24H2,1-2H3,(H,36,40). The molecule has 0 saturated carbocycles. The van der Waals surface area contributed by atoms with Crippen molar-refractivity contribution in [3.63, 3.8) is 0 Å². The van der Waals surface area contributed by atoms with Crippen molar-refractivity contribution in [1.29, 1.82) is 0 Å². The number of nitrogens with zero attached hydrogens (tertiary/aromatic N) is 2. The number of anilines is 2. The predicted molar refractivity (Wildman–Crippen MR) is 165 cm³/mol. The summed E-state index contributed by atoms with van der Waals surface area (Å²) < 4.78 is 0. The average Bonchev–Trinajstić information content (AvgIpc) is 3.01. The zero-order valence-electron chi connectivity index (χ0n) is 23.7. The van der Waals surface area contributed by atoms with Gasteiger partial charge in [0.15, 0.2) is 0 Å². The van der Waals surface area contributed by atoms with Crippen molar-refractivity contribution < 1.29 is 14.7 Å². The quantitative estimate of drug-likeness (QED) is 0.242. The van der Waals surface area contributed by atoms with E-state index in [0.717, 1.165) is 48.3 Å². The van der Waals surface area contributed by atoms with Crippen molar-refractivity contribution in [3.8, 4) is 16.9 Å². The van der Waals surface area contributed by atoms with Crippen molar-refractivity contribution in [3.05, 3.63) is 114 Å². The lowest BCUT2D eigenvalue weighted by atomic mass is 10.0. The Morgan fingerprint density at radius 1 is 0.805 bits per heavy atom. The zero-order chi connectivity index (χ0) is 28.8. The molecule has 6 heteroatoms. The van der Waals surface area contributed by atoms with Gasteiger partial charge in [-0.2, -0.15) is 0 Å². The summed E-state index contributed by atoms with van der Waals surface area (Å²) in [5, 5.41) is 12.7. The summed E-state index contributed by atoms with van der Waals surface area (Å²) in [5.41, 5.74) is 5.65. The third-order valence-corrected chi connectivity index (χ3v) is 7.62. The first-order valence-electron chi connectivity index (χ1n) is 14.3. The molecule has 41 heavy (non-hydrogen) atoms. The first-order chi connectivity index (χ1) is 19.9. The smallest absolute Gasteiger partial charge is 0.255 e. The zero-order valence-corrected chi connectivity index (χ0v) is 23.7. The molecule has 2 N–H and O–H groups in total. The van der Waals surface area contributed by atoms with Crippen LogP contribution in [-0.4, -0.2) is 41.0 Å². The van der Waals surface area contributed by atoms with Crippen LogP contribution in [0.15, 0.2) is 97.1 Å². The van der Waals surface area contributed by atoms with E-state index in [1.165, 1.54) is 6.42 Å². The molecule has 4 aromatic carbocycles. The lowest BCUT2D eigenvalue weighted by Gasteiger charge is -2.31. The van der Waals surface area contributed by atoms with Gasteiger partial charge >= 0.3 is 0 Å².